The zero-order chi connectivity index (χ0) is 16.7. The maximum Gasteiger partial charge on any atom is 0.261 e. The van der Waals surface area contributed by atoms with Crippen LogP contribution in [0.5, 0.6) is 0 Å². The third-order valence-corrected chi connectivity index (χ3v) is 3.63. The van der Waals surface area contributed by atoms with Crippen molar-refractivity contribution < 1.29 is 18.9 Å². The summed E-state index contributed by atoms with van der Waals surface area (Å²) in [6.07, 6.45) is 0. The number of aryl methyl sites for hydroxylation is 1. The van der Waals surface area contributed by atoms with Crippen LogP contribution in [0.25, 0.3) is 0 Å². The quantitative estimate of drug-likeness (QED) is 0.846. The number of aromatic nitrogens is 1. The Kier molecular flexibility index (Phi) is 3.48. The Morgan fingerprint density at radius 2 is 1.91 bits per heavy atom. The summed E-state index contributed by atoms with van der Waals surface area (Å²) in [5.74, 6) is -0.739. The van der Waals surface area contributed by atoms with Gasteiger partial charge in [0, 0.05) is 11.6 Å². The topological polar surface area (TPSA) is 101 Å². The van der Waals surface area contributed by atoms with E-state index in [2.05, 4.69) is 15.8 Å². The van der Waals surface area contributed by atoms with Crippen LogP contribution in [0.3, 0.4) is 0 Å². The summed E-state index contributed by atoms with van der Waals surface area (Å²) < 4.78 is 5.20. The molecule has 0 atom stereocenters. The molecule has 2 aromatic rings. The minimum Gasteiger partial charge on any atom is -0.360 e. The van der Waals surface area contributed by atoms with Crippen molar-refractivity contribution in [2.45, 2.75) is 26.7 Å². The first-order chi connectivity index (χ1) is 10.9. The smallest absolute Gasteiger partial charge is 0.261 e. The number of hydrogen-bond donors (Lipinski definition) is 2. The molecule has 1 aromatic heterocycles. The molecule has 0 spiro atoms. The second-order valence-corrected chi connectivity index (χ2v) is 5.66. The van der Waals surface area contributed by atoms with E-state index in [9.17, 15) is 14.4 Å². The largest absolute Gasteiger partial charge is 0.360 e. The Morgan fingerprint density at radius 1 is 1.22 bits per heavy atom. The van der Waals surface area contributed by atoms with Gasteiger partial charge in [-0.1, -0.05) is 19.0 Å². The van der Waals surface area contributed by atoms with Crippen molar-refractivity contribution in [2.75, 3.05) is 5.32 Å². The van der Waals surface area contributed by atoms with E-state index in [1.165, 1.54) is 12.1 Å². The third kappa shape index (κ3) is 2.50. The van der Waals surface area contributed by atoms with Gasteiger partial charge >= 0.3 is 0 Å². The van der Waals surface area contributed by atoms with Gasteiger partial charge in [-0.2, -0.15) is 0 Å². The van der Waals surface area contributed by atoms with Crippen LogP contribution in [0, 0.1) is 6.92 Å². The number of amides is 3. The summed E-state index contributed by atoms with van der Waals surface area (Å²) in [7, 11) is 0. The van der Waals surface area contributed by atoms with Crippen molar-refractivity contribution in [1.29, 1.82) is 0 Å². The van der Waals surface area contributed by atoms with Crippen molar-refractivity contribution in [3.63, 3.8) is 0 Å². The predicted molar refractivity (Wildman–Crippen MR) is 81.5 cm³/mol. The lowest BCUT2D eigenvalue weighted by Gasteiger charge is -2.08. The van der Waals surface area contributed by atoms with Gasteiger partial charge in [-0.3, -0.25) is 19.7 Å². The van der Waals surface area contributed by atoms with E-state index in [1.54, 1.807) is 13.0 Å². The van der Waals surface area contributed by atoms with E-state index in [4.69, 9.17) is 4.52 Å². The molecule has 0 bridgehead atoms. The first kappa shape index (κ1) is 15.0. The highest BCUT2D eigenvalue weighted by atomic mass is 16.5. The Bertz CT molecular complexity index is 836. The highest BCUT2D eigenvalue weighted by Gasteiger charge is 2.27. The number of rotatable bonds is 3. The molecular formula is C16H15N3O4. The van der Waals surface area contributed by atoms with Gasteiger partial charge in [-0.25, -0.2) is 0 Å². The highest BCUT2D eigenvalue weighted by Crippen LogP contribution is 2.25. The van der Waals surface area contributed by atoms with E-state index < -0.39 is 11.8 Å². The minimum atomic E-state index is -0.467. The lowest BCUT2D eigenvalue weighted by atomic mass is 10.0. The molecule has 1 aliphatic rings. The molecule has 0 saturated carbocycles. The Hall–Kier alpha value is -2.96. The van der Waals surface area contributed by atoms with Gasteiger partial charge < -0.3 is 9.84 Å². The van der Waals surface area contributed by atoms with E-state index >= 15 is 0 Å². The highest BCUT2D eigenvalue weighted by molar-refractivity contribution is 6.22. The number of anilines is 1. The molecule has 7 nitrogen and oxygen atoms in total. The third-order valence-electron chi connectivity index (χ3n) is 3.63. The monoisotopic (exact) mass is 313 g/mol. The normalized spacial score (nSPS) is 13.2. The number of nitrogens with one attached hydrogen (secondary N) is 2. The molecule has 1 aromatic carbocycles. The van der Waals surface area contributed by atoms with Crippen molar-refractivity contribution in [1.82, 2.24) is 10.5 Å². The van der Waals surface area contributed by atoms with Gasteiger partial charge in [0.1, 0.15) is 5.56 Å². The second kappa shape index (κ2) is 5.35. The summed E-state index contributed by atoms with van der Waals surface area (Å²) in [6, 6.07) is 4.56. The molecule has 118 valence electrons. The summed E-state index contributed by atoms with van der Waals surface area (Å²) in [6.45, 7) is 5.50. The van der Waals surface area contributed by atoms with Crippen molar-refractivity contribution >= 4 is 23.4 Å². The van der Waals surface area contributed by atoms with Crippen LogP contribution in [0.1, 0.15) is 62.3 Å². The first-order valence-corrected chi connectivity index (χ1v) is 7.15. The zero-order valence-corrected chi connectivity index (χ0v) is 12.9. The SMILES string of the molecule is Cc1noc(C(C)C)c1C(=O)Nc1ccc2c(c1)C(=O)NC2=O. The number of benzene rings is 1. The maximum absolute atomic E-state index is 12.5. The van der Waals surface area contributed by atoms with Crippen LogP contribution >= 0.6 is 0 Å². The average molecular weight is 313 g/mol. The molecule has 2 N–H and O–H groups in total. The molecule has 0 radical (unpaired) electrons. The van der Waals surface area contributed by atoms with Crippen molar-refractivity contribution in [3.05, 3.63) is 46.3 Å². The van der Waals surface area contributed by atoms with Gasteiger partial charge in [-0.05, 0) is 25.1 Å². The molecule has 1 aliphatic heterocycles. The number of fused-ring (bicyclic) bond motifs is 1. The fraction of sp³-hybridized carbons (Fsp3) is 0.250. The fourth-order valence-electron chi connectivity index (χ4n) is 2.50. The Labute approximate surface area is 132 Å². The van der Waals surface area contributed by atoms with Gasteiger partial charge in [-0.15, -0.1) is 0 Å². The van der Waals surface area contributed by atoms with E-state index in [0.717, 1.165) is 0 Å². The Balaban J connectivity index is 1.90. The zero-order valence-electron chi connectivity index (χ0n) is 12.9. The molecule has 7 heteroatoms. The number of hydrogen-bond acceptors (Lipinski definition) is 5. The molecule has 0 fully saturated rings. The lowest BCUT2D eigenvalue weighted by Crippen LogP contribution is -2.19. The van der Waals surface area contributed by atoms with Gasteiger partial charge in [0.2, 0.25) is 0 Å². The number of carbonyl (C=O) groups is 3. The molecule has 0 unspecified atom stereocenters. The van der Waals surface area contributed by atoms with E-state index in [-0.39, 0.29) is 17.4 Å². The molecule has 3 rings (SSSR count). The van der Waals surface area contributed by atoms with E-state index in [1.807, 2.05) is 13.8 Å². The molecular weight excluding hydrogens is 298 g/mol. The van der Waals surface area contributed by atoms with Crippen molar-refractivity contribution in [3.8, 4) is 0 Å². The summed E-state index contributed by atoms with van der Waals surface area (Å²) in [5, 5.41) is 8.76. The molecule has 0 saturated heterocycles. The standard InChI is InChI=1S/C16H15N3O4/c1-7(2)13-12(8(3)19-23-13)16(22)17-9-4-5-10-11(6-9)15(21)18-14(10)20/h4-7H,1-3H3,(H,17,22)(H,18,20,21). The van der Waals surface area contributed by atoms with Crippen LogP contribution in [-0.2, 0) is 0 Å². The lowest BCUT2D eigenvalue weighted by molar-refractivity contribution is 0.0878. The van der Waals surface area contributed by atoms with Crippen LogP contribution in [0.15, 0.2) is 22.7 Å². The predicted octanol–water partition coefficient (Wildman–Crippen LogP) is 2.24. The van der Waals surface area contributed by atoms with Crippen LogP contribution < -0.4 is 10.6 Å². The van der Waals surface area contributed by atoms with Gasteiger partial charge in [0.15, 0.2) is 5.76 Å². The molecule has 23 heavy (non-hydrogen) atoms. The minimum absolute atomic E-state index is 0.0142. The second-order valence-electron chi connectivity index (χ2n) is 5.66. The molecule has 2 heterocycles. The first-order valence-electron chi connectivity index (χ1n) is 7.15. The maximum atomic E-state index is 12.5. The van der Waals surface area contributed by atoms with Crippen LogP contribution in [-0.4, -0.2) is 22.9 Å². The van der Waals surface area contributed by atoms with Crippen LogP contribution in [0.2, 0.25) is 0 Å². The number of imide groups is 1. The van der Waals surface area contributed by atoms with Gasteiger partial charge in [0.05, 0.1) is 16.8 Å². The number of nitrogens with zero attached hydrogens (tertiary/aromatic N) is 1. The van der Waals surface area contributed by atoms with Crippen molar-refractivity contribution in [2.24, 2.45) is 0 Å². The summed E-state index contributed by atoms with van der Waals surface area (Å²) in [5.41, 5.74) is 1.87. The fourth-order valence-corrected chi connectivity index (χ4v) is 2.50. The van der Waals surface area contributed by atoms with Crippen LogP contribution in [0.4, 0.5) is 5.69 Å². The Morgan fingerprint density at radius 3 is 2.61 bits per heavy atom. The molecule has 0 aliphatic carbocycles. The van der Waals surface area contributed by atoms with E-state index in [0.29, 0.717) is 28.3 Å². The number of carbonyl (C=O) groups excluding carboxylic acids is 3. The summed E-state index contributed by atoms with van der Waals surface area (Å²) >= 11 is 0. The molecule has 3 amide bonds. The van der Waals surface area contributed by atoms with Gasteiger partial charge in [0.25, 0.3) is 17.7 Å². The average Bonchev–Trinajstić information content (AvgIpc) is 3.00. The summed E-state index contributed by atoms with van der Waals surface area (Å²) in [4.78, 5) is 35.7.